The number of aromatic nitrogens is 2. The third-order valence-corrected chi connectivity index (χ3v) is 2.86. The summed E-state index contributed by atoms with van der Waals surface area (Å²) in [4.78, 5) is 19.0. The Labute approximate surface area is 110 Å². The van der Waals surface area contributed by atoms with Crippen molar-refractivity contribution in [3.63, 3.8) is 0 Å². The third kappa shape index (κ3) is 3.28. The SMILES string of the molecule is COc1ccc(C(CC(=O)O)c2ccncn2)cc1. The van der Waals surface area contributed by atoms with E-state index >= 15 is 0 Å². The second kappa shape index (κ2) is 5.95. The van der Waals surface area contributed by atoms with Gasteiger partial charge in [-0.25, -0.2) is 9.97 Å². The average Bonchev–Trinajstić information content (AvgIpc) is 2.46. The Morgan fingerprint density at radius 1 is 1.32 bits per heavy atom. The minimum Gasteiger partial charge on any atom is -0.497 e. The Morgan fingerprint density at radius 2 is 2.05 bits per heavy atom. The van der Waals surface area contributed by atoms with Crippen molar-refractivity contribution in [3.05, 3.63) is 54.1 Å². The molecule has 0 spiro atoms. The smallest absolute Gasteiger partial charge is 0.304 e. The van der Waals surface area contributed by atoms with Crippen LogP contribution in [0.5, 0.6) is 5.75 Å². The predicted octanol–water partition coefficient (Wildman–Crippen LogP) is 2.09. The zero-order valence-corrected chi connectivity index (χ0v) is 10.5. The number of carboxylic acids is 1. The Hall–Kier alpha value is -2.43. The van der Waals surface area contributed by atoms with Crippen molar-refractivity contribution in [1.82, 2.24) is 9.97 Å². The summed E-state index contributed by atoms with van der Waals surface area (Å²) < 4.78 is 5.09. The number of methoxy groups -OCH3 is 1. The van der Waals surface area contributed by atoms with E-state index in [1.54, 1.807) is 19.4 Å². The van der Waals surface area contributed by atoms with E-state index < -0.39 is 5.97 Å². The van der Waals surface area contributed by atoms with Crippen molar-refractivity contribution in [3.8, 4) is 5.75 Å². The van der Waals surface area contributed by atoms with Gasteiger partial charge in [-0.2, -0.15) is 0 Å². The summed E-state index contributed by atoms with van der Waals surface area (Å²) in [5.41, 5.74) is 1.59. The molecule has 1 heterocycles. The van der Waals surface area contributed by atoms with E-state index in [2.05, 4.69) is 9.97 Å². The molecule has 19 heavy (non-hydrogen) atoms. The highest BCUT2D eigenvalue weighted by molar-refractivity contribution is 5.68. The molecule has 0 aliphatic carbocycles. The van der Waals surface area contributed by atoms with Gasteiger partial charge in [0, 0.05) is 12.1 Å². The van der Waals surface area contributed by atoms with Gasteiger partial charge in [0.05, 0.1) is 19.2 Å². The highest BCUT2D eigenvalue weighted by Crippen LogP contribution is 2.27. The lowest BCUT2D eigenvalue weighted by Gasteiger charge is -2.15. The van der Waals surface area contributed by atoms with Crippen molar-refractivity contribution in [1.29, 1.82) is 0 Å². The molecule has 0 saturated carbocycles. The maximum absolute atomic E-state index is 11.0. The number of aliphatic carboxylic acids is 1. The van der Waals surface area contributed by atoms with Gasteiger partial charge < -0.3 is 9.84 Å². The molecule has 0 saturated heterocycles. The van der Waals surface area contributed by atoms with Crippen molar-refractivity contribution in [2.45, 2.75) is 12.3 Å². The van der Waals surface area contributed by atoms with Gasteiger partial charge in [-0.15, -0.1) is 0 Å². The van der Waals surface area contributed by atoms with Crippen LogP contribution in [0.1, 0.15) is 23.6 Å². The molecule has 0 aliphatic heterocycles. The highest BCUT2D eigenvalue weighted by atomic mass is 16.5. The first-order chi connectivity index (χ1) is 9.20. The molecule has 1 atom stereocenters. The van der Waals surface area contributed by atoms with Gasteiger partial charge in [0.2, 0.25) is 0 Å². The number of carbonyl (C=O) groups is 1. The molecule has 0 radical (unpaired) electrons. The lowest BCUT2D eigenvalue weighted by molar-refractivity contribution is -0.137. The van der Waals surface area contributed by atoms with Gasteiger partial charge in [-0.1, -0.05) is 12.1 Å². The second-order valence-electron chi connectivity index (χ2n) is 4.06. The van der Waals surface area contributed by atoms with Crippen LogP contribution in [-0.4, -0.2) is 28.2 Å². The molecule has 0 fully saturated rings. The summed E-state index contributed by atoms with van der Waals surface area (Å²) in [5, 5.41) is 9.04. The summed E-state index contributed by atoms with van der Waals surface area (Å²) in [6.07, 6.45) is 3.03. The predicted molar refractivity (Wildman–Crippen MR) is 69.1 cm³/mol. The standard InChI is InChI=1S/C14H14N2O3/c1-19-11-4-2-10(3-5-11)12(8-14(17)18)13-6-7-15-9-16-13/h2-7,9,12H,8H2,1H3,(H,17,18). The molecule has 98 valence electrons. The summed E-state index contributed by atoms with van der Waals surface area (Å²) in [5.74, 6) is -0.411. The number of hydrogen-bond donors (Lipinski definition) is 1. The number of hydrogen-bond acceptors (Lipinski definition) is 4. The van der Waals surface area contributed by atoms with Crippen molar-refractivity contribution in [2.24, 2.45) is 0 Å². The third-order valence-electron chi connectivity index (χ3n) is 2.86. The Morgan fingerprint density at radius 3 is 2.58 bits per heavy atom. The molecular weight excluding hydrogens is 244 g/mol. The molecule has 1 unspecified atom stereocenters. The summed E-state index contributed by atoms with van der Waals surface area (Å²) >= 11 is 0. The van der Waals surface area contributed by atoms with Gasteiger partial charge in [-0.05, 0) is 23.8 Å². The van der Waals surface area contributed by atoms with Crippen LogP contribution in [0, 0.1) is 0 Å². The van der Waals surface area contributed by atoms with E-state index in [-0.39, 0.29) is 12.3 Å². The Kier molecular flexibility index (Phi) is 4.07. The van der Waals surface area contributed by atoms with Gasteiger partial charge >= 0.3 is 5.97 Å². The molecule has 0 amide bonds. The fourth-order valence-corrected chi connectivity index (χ4v) is 1.91. The van der Waals surface area contributed by atoms with Crippen molar-refractivity contribution in [2.75, 3.05) is 7.11 Å². The molecular formula is C14H14N2O3. The topological polar surface area (TPSA) is 72.3 Å². The molecule has 5 heteroatoms. The highest BCUT2D eigenvalue weighted by Gasteiger charge is 2.19. The quantitative estimate of drug-likeness (QED) is 0.889. The van der Waals surface area contributed by atoms with Crippen LogP contribution in [0.25, 0.3) is 0 Å². The zero-order valence-electron chi connectivity index (χ0n) is 10.5. The van der Waals surface area contributed by atoms with Crippen molar-refractivity contribution >= 4 is 5.97 Å². The zero-order chi connectivity index (χ0) is 13.7. The Balaban J connectivity index is 2.34. The number of rotatable bonds is 5. The van der Waals surface area contributed by atoms with Gasteiger partial charge in [0.1, 0.15) is 12.1 Å². The molecule has 2 rings (SSSR count). The van der Waals surface area contributed by atoms with Crippen LogP contribution in [0.15, 0.2) is 42.9 Å². The van der Waals surface area contributed by atoms with E-state index in [1.165, 1.54) is 6.33 Å². The fourth-order valence-electron chi connectivity index (χ4n) is 1.91. The number of carboxylic acid groups (broad SMARTS) is 1. The summed E-state index contributed by atoms with van der Waals surface area (Å²) in [6.45, 7) is 0. The van der Waals surface area contributed by atoms with E-state index in [1.807, 2.05) is 24.3 Å². The van der Waals surface area contributed by atoms with Crippen LogP contribution in [-0.2, 0) is 4.79 Å². The second-order valence-corrected chi connectivity index (χ2v) is 4.06. The van der Waals surface area contributed by atoms with Gasteiger partial charge in [0.25, 0.3) is 0 Å². The average molecular weight is 258 g/mol. The van der Waals surface area contributed by atoms with E-state index in [0.29, 0.717) is 5.69 Å². The number of nitrogens with zero attached hydrogens (tertiary/aromatic N) is 2. The maximum atomic E-state index is 11.0. The van der Waals surface area contributed by atoms with Crippen LogP contribution in [0.2, 0.25) is 0 Å². The molecule has 1 aromatic carbocycles. The van der Waals surface area contributed by atoms with Crippen LogP contribution < -0.4 is 4.74 Å². The number of ether oxygens (including phenoxy) is 1. The summed E-state index contributed by atoms with van der Waals surface area (Å²) in [7, 11) is 1.59. The van der Waals surface area contributed by atoms with E-state index in [4.69, 9.17) is 9.84 Å². The molecule has 2 aromatic rings. The Bertz CT molecular complexity index is 540. The lowest BCUT2D eigenvalue weighted by Crippen LogP contribution is -2.09. The molecule has 0 aliphatic rings. The molecule has 0 bridgehead atoms. The molecule has 5 nitrogen and oxygen atoms in total. The minimum atomic E-state index is -0.862. The largest absolute Gasteiger partial charge is 0.497 e. The minimum absolute atomic E-state index is 0.0106. The molecule has 1 aromatic heterocycles. The lowest BCUT2D eigenvalue weighted by atomic mass is 9.92. The van der Waals surface area contributed by atoms with Crippen molar-refractivity contribution < 1.29 is 14.6 Å². The van der Waals surface area contributed by atoms with Gasteiger partial charge in [-0.3, -0.25) is 4.79 Å². The monoisotopic (exact) mass is 258 g/mol. The first-order valence-electron chi connectivity index (χ1n) is 5.82. The normalized spacial score (nSPS) is 11.8. The van der Waals surface area contributed by atoms with Crippen LogP contribution >= 0.6 is 0 Å². The van der Waals surface area contributed by atoms with Crippen LogP contribution in [0.3, 0.4) is 0 Å². The van der Waals surface area contributed by atoms with Gasteiger partial charge in [0.15, 0.2) is 0 Å². The van der Waals surface area contributed by atoms with E-state index in [9.17, 15) is 4.79 Å². The number of benzene rings is 1. The van der Waals surface area contributed by atoms with Crippen LogP contribution in [0.4, 0.5) is 0 Å². The fraction of sp³-hybridized carbons (Fsp3) is 0.214. The first-order valence-corrected chi connectivity index (χ1v) is 5.82. The molecule has 1 N–H and O–H groups in total. The van der Waals surface area contributed by atoms with E-state index in [0.717, 1.165) is 11.3 Å². The maximum Gasteiger partial charge on any atom is 0.304 e. The first kappa shape index (κ1) is 13.0. The summed E-state index contributed by atoms with van der Waals surface area (Å²) in [6, 6.07) is 9.07.